The Morgan fingerprint density at radius 1 is 0.935 bits per heavy atom. The van der Waals surface area contributed by atoms with Crippen LogP contribution >= 0.6 is 11.6 Å². The van der Waals surface area contributed by atoms with Crippen LogP contribution in [0.2, 0.25) is 5.02 Å². The summed E-state index contributed by atoms with van der Waals surface area (Å²) in [5, 5.41) is 3.11. The van der Waals surface area contributed by atoms with Gasteiger partial charge in [0.25, 0.3) is 0 Å². The normalized spacial score (nSPS) is 15.0. The second-order valence-corrected chi connectivity index (χ2v) is 8.35. The molecule has 1 aromatic heterocycles. The lowest BCUT2D eigenvalue weighted by Crippen LogP contribution is -2.37. The van der Waals surface area contributed by atoms with Crippen LogP contribution < -0.4 is 4.74 Å². The Kier molecular flexibility index (Phi) is 6.07. The molecule has 0 N–H and O–H groups in total. The largest absolute Gasteiger partial charge is 0.486 e. The fourth-order valence-corrected chi connectivity index (χ4v) is 4.35. The minimum Gasteiger partial charge on any atom is -0.486 e. The van der Waals surface area contributed by atoms with Gasteiger partial charge in [-0.05, 0) is 47.5 Å². The Labute approximate surface area is 187 Å². The number of aryl methyl sites for hydroxylation is 1. The molecule has 0 radical (unpaired) electrons. The van der Waals surface area contributed by atoms with Crippen LogP contribution in [0.3, 0.4) is 0 Å². The van der Waals surface area contributed by atoms with Crippen LogP contribution in [-0.4, -0.2) is 47.3 Å². The molecule has 0 bridgehead atoms. The fraction of sp³-hybridized carbons (Fsp3) is 0.320. The lowest BCUT2D eigenvalue weighted by molar-refractivity contribution is 0.0369. The van der Waals surface area contributed by atoms with E-state index in [9.17, 15) is 0 Å². The number of aromatic nitrogens is 2. The fourth-order valence-electron chi connectivity index (χ4n) is 4.19. The number of halogens is 1. The number of ether oxygens (including phenoxy) is 2. The zero-order valence-electron chi connectivity index (χ0n) is 17.5. The molecule has 160 valence electrons. The Hall–Kier alpha value is -2.60. The lowest BCUT2D eigenvalue weighted by atomic mass is 10.1. The molecule has 1 fully saturated rings. The Morgan fingerprint density at radius 3 is 2.65 bits per heavy atom. The molecule has 0 aliphatic carbocycles. The molecule has 0 unspecified atom stereocenters. The average Bonchev–Trinajstić information content (AvgIpc) is 3.15. The number of hydrogen-bond donors (Lipinski definition) is 0. The van der Waals surface area contributed by atoms with Crippen LogP contribution in [0, 0.1) is 0 Å². The van der Waals surface area contributed by atoms with Crippen molar-refractivity contribution in [2.75, 3.05) is 32.8 Å². The van der Waals surface area contributed by atoms with Crippen LogP contribution in [0.15, 0.2) is 60.7 Å². The molecule has 1 saturated heterocycles. The summed E-state index contributed by atoms with van der Waals surface area (Å²) in [6, 6.07) is 20.4. The summed E-state index contributed by atoms with van der Waals surface area (Å²) in [6.07, 6.45) is 1.04. The van der Waals surface area contributed by atoms with E-state index in [-0.39, 0.29) is 0 Å². The van der Waals surface area contributed by atoms with Crippen molar-refractivity contribution in [1.82, 2.24) is 14.5 Å². The SMILES string of the molecule is Clc1ccc2nc(COc3ccc4ccccc4c3)n(CCCN3CCOCC3)c2c1. The highest BCUT2D eigenvalue weighted by Gasteiger charge is 2.14. The summed E-state index contributed by atoms with van der Waals surface area (Å²) in [5.74, 6) is 1.77. The molecule has 5 rings (SSSR count). The van der Waals surface area contributed by atoms with E-state index in [0.29, 0.717) is 6.61 Å². The van der Waals surface area contributed by atoms with E-state index in [1.54, 1.807) is 0 Å². The third-order valence-corrected chi connectivity index (χ3v) is 6.07. The van der Waals surface area contributed by atoms with E-state index >= 15 is 0 Å². The van der Waals surface area contributed by atoms with E-state index in [1.807, 2.05) is 36.4 Å². The van der Waals surface area contributed by atoms with Gasteiger partial charge in [0.1, 0.15) is 18.2 Å². The number of fused-ring (bicyclic) bond motifs is 2. The predicted octanol–water partition coefficient (Wildman–Crippen LogP) is 5.14. The molecule has 31 heavy (non-hydrogen) atoms. The highest BCUT2D eigenvalue weighted by Crippen LogP contribution is 2.24. The van der Waals surface area contributed by atoms with Gasteiger partial charge in [-0.3, -0.25) is 4.90 Å². The van der Waals surface area contributed by atoms with E-state index in [4.69, 9.17) is 26.1 Å². The van der Waals surface area contributed by atoms with Crippen molar-refractivity contribution in [3.63, 3.8) is 0 Å². The molecule has 0 saturated carbocycles. The maximum absolute atomic E-state index is 6.29. The molecule has 0 spiro atoms. The van der Waals surface area contributed by atoms with Crippen LogP contribution in [0.5, 0.6) is 5.75 Å². The first-order valence-corrected chi connectivity index (χ1v) is 11.2. The van der Waals surface area contributed by atoms with Gasteiger partial charge in [0.2, 0.25) is 0 Å². The Bertz CT molecular complexity index is 1180. The average molecular weight is 436 g/mol. The van der Waals surface area contributed by atoms with Gasteiger partial charge in [0, 0.05) is 31.2 Å². The summed E-state index contributed by atoms with van der Waals surface area (Å²) in [6.45, 7) is 6.02. The number of imidazole rings is 1. The molecule has 0 amide bonds. The summed E-state index contributed by atoms with van der Waals surface area (Å²) < 4.78 is 13.9. The molecule has 6 heteroatoms. The van der Waals surface area contributed by atoms with Crippen LogP contribution in [-0.2, 0) is 17.9 Å². The van der Waals surface area contributed by atoms with Crippen LogP contribution in [0.25, 0.3) is 21.8 Å². The Balaban J connectivity index is 1.34. The first-order valence-electron chi connectivity index (χ1n) is 10.8. The lowest BCUT2D eigenvalue weighted by Gasteiger charge is -2.26. The Morgan fingerprint density at radius 2 is 1.77 bits per heavy atom. The maximum Gasteiger partial charge on any atom is 0.147 e. The highest BCUT2D eigenvalue weighted by molar-refractivity contribution is 6.31. The quantitative estimate of drug-likeness (QED) is 0.402. The van der Waals surface area contributed by atoms with Crippen molar-refractivity contribution < 1.29 is 9.47 Å². The standard InChI is InChI=1S/C25H26ClN3O2/c26-21-7-9-23-24(17-21)29(11-3-10-28-12-14-30-15-13-28)25(27-23)18-31-22-8-6-19-4-1-2-5-20(19)16-22/h1-2,4-9,16-17H,3,10-15,18H2. The number of nitrogens with zero attached hydrogens (tertiary/aromatic N) is 3. The second kappa shape index (κ2) is 9.27. The van der Waals surface area contributed by atoms with E-state index in [2.05, 4.69) is 33.7 Å². The van der Waals surface area contributed by atoms with Gasteiger partial charge < -0.3 is 14.0 Å². The van der Waals surface area contributed by atoms with E-state index in [0.717, 1.165) is 73.4 Å². The molecule has 1 aliphatic heterocycles. The van der Waals surface area contributed by atoms with Crippen molar-refractivity contribution in [3.8, 4) is 5.75 Å². The number of benzene rings is 3. The van der Waals surface area contributed by atoms with Gasteiger partial charge in [-0.2, -0.15) is 0 Å². The minimum atomic E-state index is 0.419. The molecule has 5 nitrogen and oxygen atoms in total. The number of rotatable bonds is 7. The van der Waals surface area contributed by atoms with Crippen molar-refractivity contribution >= 4 is 33.4 Å². The van der Waals surface area contributed by atoms with Gasteiger partial charge in [0.15, 0.2) is 0 Å². The van der Waals surface area contributed by atoms with Gasteiger partial charge in [-0.1, -0.05) is 41.9 Å². The molecule has 3 aromatic carbocycles. The zero-order chi connectivity index (χ0) is 21.0. The third-order valence-electron chi connectivity index (χ3n) is 5.84. The molecular weight excluding hydrogens is 410 g/mol. The maximum atomic E-state index is 6.29. The topological polar surface area (TPSA) is 39.5 Å². The monoisotopic (exact) mass is 435 g/mol. The number of morpholine rings is 1. The van der Waals surface area contributed by atoms with Crippen LogP contribution in [0.4, 0.5) is 0 Å². The van der Waals surface area contributed by atoms with Gasteiger partial charge in [-0.15, -0.1) is 0 Å². The minimum absolute atomic E-state index is 0.419. The number of hydrogen-bond acceptors (Lipinski definition) is 4. The molecule has 1 aliphatic rings. The summed E-state index contributed by atoms with van der Waals surface area (Å²) >= 11 is 6.29. The predicted molar refractivity (Wildman–Crippen MR) is 125 cm³/mol. The second-order valence-electron chi connectivity index (χ2n) is 7.92. The van der Waals surface area contributed by atoms with Crippen molar-refractivity contribution in [1.29, 1.82) is 0 Å². The summed E-state index contributed by atoms with van der Waals surface area (Å²) in [7, 11) is 0. The molecule has 4 aromatic rings. The first kappa shape index (κ1) is 20.3. The van der Waals surface area contributed by atoms with Crippen molar-refractivity contribution in [3.05, 3.63) is 71.5 Å². The van der Waals surface area contributed by atoms with Crippen molar-refractivity contribution in [2.45, 2.75) is 19.6 Å². The van der Waals surface area contributed by atoms with Gasteiger partial charge in [-0.25, -0.2) is 4.98 Å². The summed E-state index contributed by atoms with van der Waals surface area (Å²) in [4.78, 5) is 7.30. The third kappa shape index (κ3) is 4.69. The zero-order valence-corrected chi connectivity index (χ0v) is 18.2. The molecule has 2 heterocycles. The van der Waals surface area contributed by atoms with Crippen LogP contribution in [0.1, 0.15) is 12.2 Å². The van der Waals surface area contributed by atoms with Gasteiger partial charge >= 0.3 is 0 Å². The van der Waals surface area contributed by atoms with E-state index < -0.39 is 0 Å². The van der Waals surface area contributed by atoms with E-state index in [1.165, 1.54) is 10.8 Å². The summed E-state index contributed by atoms with van der Waals surface area (Å²) in [5.41, 5.74) is 2.01. The first-order chi connectivity index (χ1) is 15.3. The van der Waals surface area contributed by atoms with Crippen molar-refractivity contribution in [2.24, 2.45) is 0 Å². The smallest absolute Gasteiger partial charge is 0.147 e. The molecule has 0 atom stereocenters. The van der Waals surface area contributed by atoms with Gasteiger partial charge in [0.05, 0.1) is 24.2 Å². The molecular formula is C25H26ClN3O2. The highest BCUT2D eigenvalue weighted by atomic mass is 35.5.